The molecule has 0 unspecified atom stereocenters. The van der Waals surface area contributed by atoms with Gasteiger partial charge in [-0.05, 0) is 35.6 Å². The van der Waals surface area contributed by atoms with Crippen LogP contribution in [0.1, 0.15) is 29.5 Å². The lowest BCUT2D eigenvalue weighted by Gasteiger charge is -2.37. The van der Waals surface area contributed by atoms with Crippen molar-refractivity contribution in [3.63, 3.8) is 0 Å². The normalized spacial score (nSPS) is 24.7. The third-order valence-corrected chi connectivity index (χ3v) is 5.05. The third-order valence-electron chi connectivity index (χ3n) is 4.80. The summed E-state index contributed by atoms with van der Waals surface area (Å²) >= 11 is 5.99. The van der Waals surface area contributed by atoms with E-state index < -0.39 is 0 Å². The van der Waals surface area contributed by atoms with Gasteiger partial charge in [0.15, 0.2) is 0 Å². The van der Waals surface area contributed by atoms with Crippen LogP contribution < -0.4 is 5.32 Å². The Morgan fingerprint density at radius 3 is 2.70 bits per heavy atom. The molecule has 1 aliphatic heterocycles. The molecule has 1 N–H and O–H groups in total. The number of nitrogens with one attached hydrogen (secondary N) is 1. The van der Waals surface area contributed by atoms with Crippen molar-refractivity contribution in [1.82, 2.24) is 0 Å². The standard InChI is InChI=1S/C18H15ClN2O2/c19-12-9-7-11(8-10-12)17-14-4-1-3-13(14)15-5-2-6-16(21(22)23)18(15)20-17/h1-3,5-10,13-14,17,20H,4H2/t13-,14-,17-/m1/s1. The van der Waals surface area contributed by atoms with Crippen LogP contribution in [0.15, 0.2) is 54.6 Å². The zero-order valence-electron chi connectivity index (χ0n) is 12.3. The largest absolute Gasteiger partial charge is 0.372 e. The van der Waals surface area contributed by atoms with Crippen molar-refractivity contribution in [3.8, 4) is 0 Å². The smallest absolute Gasteiger partial charge is 0.292 e. The van der Waals surface area contributed by atoms with E-state index in [-0.39, 0.29) is 22.6 Å². The van der Waals surface area contributed by atoms with Gasteiger partial charge in [0.1, 0.15) is 5.69 Å². The molecule has 116 valence electrons. The van der Waals surface area contributed by atoms with E-state index >= 15 is 0 Å². The number of nitro groups is 1. The van der Waals surface area contributed by atoms with Crippen molar-refractivity contribution < 1.29 is 4.92 Å². The van der Waals surface area contributed by atoms with Gasteiger partial charge in [0.25, 0.3) is 5.69 Å². The zero-order chi connectivity index (χ0) is 16.0. The topological polar surface area (TPSA) is 55.2 Å². The Balaban J connectivity index is 1.83. The molecule has 0 saturated carbocycles. The fourth-order valence-electron chi connectivity index (χ4n) is 3.76. The fourth-order valence-corrected chi connectivity index (χ4v) is 3.88. The highest BCUT2D eigenvalue weighted by Crippen LogP contribution is 2.51. The molecule has 0 spiro atoms. The number of hydrogen-bond donors (Lipinski definition) is 1. The number of benzene rings is 2. The molecular formula is C18H15ClN2O2. The van der Waals surface area contributed by atoms with Crippen LogP contribution in [0.3, 0.4) is 0 Å². The van der Waals surface area contributed by atoms with Crippen LogP contribution in [-0.4, -0.2) is 4.92 Å². The van der Waals surface area contributed by atoms with Crippen LogP contribution in [0, 0.1) is 16.0 Å². The van der Waals surface area contributed by atoms with Crippen molar-refractivity contribution in [2.45, 2.75) is 18.4 Å². The summed E-state index contributed by atoms with van der Waals surface area (Å²) < 4.78 is 0. The Morgan fingerprint density at radius 2 is 1.96 bits per heavy atom. The third kappa shape index (κ3) is 2.30. The van der Waals surface area contributed by atoms with Crippen LogP contribution in [0.4, 0.5) is 11.4 Å². The summed E-state index contributed by atoms with van der Waals surface area (Å²) in [5.41, 5.74) is 2.91. The average Bonchev–Trinajstić information content (AvgIpc) is 3.04. The molecule has 0 radical (unpaired) electrons. The van der Waals surface area contributed by atoms with Gasteiger partial charge in [0.2, 0.25) is 0 Å². The maximum absolute atomic E-state index is 11.4. The summed E-state index contributed by atoms with van der Waals surface area (Å²) in [6.45, 7) is 0. The van der Waals surface area contributed by atoms with Crippen molar-refractivity contribution in [1.29, 1.82) is 0 Å². The lowest BCUT2D eigenvalue weighted by Crippen LogP contribution is -2.29. The van der Waals surface area contributed by atoms with Gasteiger partial charge in [-0.15, -0.1) is 0 Å². The van der Waals surface area contributed by atoms with E-state index in [0.717, 1.165) is 17.5 Å². The van der Waals surface area contributed by atoms with E-state index in [1.807, 2.05) is 30.3 Å². The van der Waals surface area contributed by atoms with Gasteiger partial charge >= 0.3 is 0 Å². The number of fused-ring (bicyclic) bond motifs is 3. The predicted molar refractivity (Wildman–Crippen MR) is 90.9 cm³/mol. The quantitative estimate of drug-likeness (QED) is 0.476. The highest BCUT2D eigenvalue weighted by Gasteiger charge is 2.40. The molecule has 0 fully saturated rings. The molecule has 2 aromatic carbocycles. The number of allylic oxidation sites excluding steroid dienone is 2. The maximum Gasteiger partial charge on any atom is 0.292 e. The van der Waals surface area contributed by atoms with E-state index in [1.165, 1.54) is 0 Å². The highest BCUT2D eigenvalue weighted by molar-refractivity contribution is 6.30. The SMILES string of the molecule is O=[N+]([O-])c1cccc2c1N[C@H](c1ccc(Cl)cc1)[C@@H]1CC=C[C@@H]21. The number of anilines is 1. The van der Waals surface area contributed by atoms with Crippen LogP contribution in [0.2, 0.25) is 5.02 Å². The summed E-state index contributed by atoms with van der Waals surface area (Å²) in [7, 11) is 0. The number of nitro benzene ring substituents is 1. The van der Waals surface area contributed by atoms with Crippen molar-refractivity contribution >= 4 is 23.0 Å². The Labute approximate surface area is 138 Å². The Morgan fingerprint density at radius 1 is 1.17 bits per heavy atom. The minimum Gasteiger partial charge on any atom is -0.372 e. The average molecular weight is 327 g/mol. The number of rotatable bonds is 2. The molecule has 0 saturated heterocycles. The summed E-state index contributed by atoms with van der Waals surface area (Å²) in [4.78, 5) is 11.1. The number of halogens is 1. The molecule has 0 amide bonds. The second kappa shape index (κ2) is 5.39. The van der Waals surface area contributed by atoms with Gasteiger partial charge in [-0.25, -0.2) is 0 Å². The molecule has 0 aromatic heterocycles. The van der Waals surface area contributed by atoms with Crippen molar-refractivity contribution in [2.24, 2.45) is 5.92 Å². The zero-order valence-corrected chi connectivity index (χ0v) is 13.0. The molecular weight excluding hydrogens is 312 g/mol. The molecule has 23 heavy (non-hydrogen) atoms. The lowest BCUT2D eigenvalue weighted by atomic mass is 9.77. The van der Waals surface area contributed by atoms with E-state index in [2.05, 4.69) is 17.5 Å². The van der Waals surface area contributed by atoms with E-state index in [1.54, 1.807) is 12.1 Å². The first kappa shape index (κ1) is 14.3. The van der Waals surface area contributed by atoms with Crippen LogP contribution in [0.5, 0.6) is 0 Å². The highest BCUT2D eigenvalue weighted by atomic mass is 35.5. The van der Waals surface area contributed by atoms with Crippen LogP contribution >= 0.6 is 11.6 Å². The monoisotopic (exact) mass is 326 g/mol. The Hall–Kier alpha value is -2.33. The Bertz CT molecular complexity index is 801. The van der Waals surface area contributed by atoms with Crippen LogP contribution in [-0.2, 0) is 0 Å². The summed E-state index contributed by atoms with van der Waals surface area (Å²) in [6, 6.07) is 13.1. The molecule has 4 nitrogen and oxygen atoms in total. The molecule has 0 bridgehead atoms. The number of para-hydroxylation sites is 1. The van der Waals surface area contributed by atoms with Gasteiger partial charge in [0, 0.05) is 17.0 Å². The molecule has 5 heteroatoms. The first-order valence-electron chi connectivity index (χ1n) is 7.61. The molecule has 4 rings (SSSR count). The second-order valence-corrected chi connectivity index (χ2v) is 6.46. The summed E-state index contributed by atoms with van der Waals surface area (Å²) in [6.07, 6.45) is 5.32. The predicted octanol–water partition coefficient (Wildman–Crippen LogP) is 5.07. The van der Waals surface area contributed by atoms with E-state index in [0.29, 0.717) is 16.6 Å². The number of nitrogens with zero attached hydrogens (tertiary/aromatic N) is 1. The Kier molecular flexibility index (Phi) is 3.34. The molecule has 2 aliphatic rings. The van der Waals surface area contributed by atoms with E-state index in [4.69, 9.17) is 11.6 Å². The minimum absolute atomic E-state index is 0.0425. The maximum atomic E-state index is 11.4. The first-order valence-corrected chi connectivity index (χ1v) is 7.99. The van der Waals surface area contributed by atoms with Gasteiger partial charge in [-0.3, -0.25) is 10.1 Å². The fraction of sp³-hybridized carbons (Fsp3) is 0.222. The van der Waals surface area contributed by atoms with Gasteiger partial charge < -0.3 is 5.32 Å². The first-order chi connectivity index (χ1) is 11.1. The van der Waals surface area contributed by atoms with Crippen LogP contribution in [0.25, 0.3) is 0 Å². The number of hydrogen-bond acceptors (Lipinski definition) is 3. The second-order valence-electron chi connectivity index (χ2n) is 6.03. The van der Waals surface area contributed by atoms with E-state index in [9.17, 15) is 10.1 Å². The van der Waals surface area contributed by atoms with Crippen molar-refractivity contribution in [3.05, 3.63) is 80.9 Å². The minimum atomic E-state index is -0.316. The summed E-state index contributed by atoms with van der Waals surface area (Å²) in [5.74, 6) is 0.581. The van der Waals surface area contributed by atoms with Gasteiger partial charge in [-0.1, -0.05) is 48.0 Å². The van der Waals surface area contributed by atoms with Gasteiger partial charge in [0.05, 0.1) is 11.0 Å². The molecule has 1 heterocycles. The summed E-state index contributed by atoms with van der Waals surface area (Å²) in [5, 5.41) is 15.5. The van der Waals surface area contributed by atoms with Gasteiger partial charge in [-0.2, -0.15) is 0 Å². The van der Waals surface area contributed by atoms with Crippen molar-refractivity contribution in [2.75, 3.05) is 5.32 Å². The lowest BCUT2D eigenvalue weighted by molar-refractivity contribution is -0.384. The molecule has 2 aromatic rings. The molecule has 3 atom stereocenters. The molecule has 1 aliphatic carbocycles.